The van der Waals surface area contributed by atoms with E-state index in [1.54, 1.807) is 24.1 Å². The normalized spacial score (nSPS) is 10.9. The van der Waals surface area contributed by atoms with Gasteiger partial charge in [0, 0.05) is 24.4 Å². The molecule has 0 radical (unpaired) electrons. The van der Waals surface area contributed by atoms with Crippen LogP contribution in [0, 0.1) is 6.92 Å². The van der Waals surface area contributed by atoms with Crippen molar-refractivity contribution in [2.45, 2.75) is 20.1 Å². The third-order valence-electron chi connectivity index (χ3n) is 4.36. The number of nitrogens with one attached hydrogen (secondary N) is 1. The summed E-state index contributed by atoms with van der Waals surface area (Å²) in [6, 6.07) is 13.6. The predicted octanol–water partition coefficient (Wildman–Crippen LogP) is 4.37. The van der Waals surface area contributed by atoms with E-state index in [0.29, 0.717) is 19.7 Å². The predicted molar refractivity (Wildman–Crippen MR) is 120 cm³/mol. The molecule has 0 atom stereocenters. The van der Waals surface area contributed by atoms with Gasteiger partial charge in [-0.3, -0.25) is 9.48 Å². The Bertz CT molecular complexity index is 1030. The molecule has 0 bridgehead atoms. The number of nitrogens with zero attached hydrogens (tertiary/aromatic N) is 2. The van der Waals surface area contributed by atoms with E-state index in [0.717, 1.165) is 32.7 Å². The Morgan fingerprint density at radius 2 is 2.13 bits per heavy atom. The number of hydrogen-bond acceptors (Lipinski definition) is 4. The lowest BCUT2D eigenvalue weighted by Crippen LogP contribution is -2.25. The van der Waals surface area contributed by atoms with Crippen molar-refractivity contribution in [1.82, 2.24) is 15.1 Å². The zero-order valence-electron chi connectivity index (χ0n) is 17.0. The SMILES string of the molecule is COc1ccc(/C=C/C(=O)NCCn2cc(Br)cn2)cc1COc1cccc(C)c1. The van der Waals surface area contributed by atoms with Crippen molar-refractivity contribution >= 4 is 27.9 Å². The van der Waals surface area contributed by atoms with Crippen LogP contribution < -0.4 is 14.8 Å². The summed E-state index contributed by atoms with van der Waals surface area (Å²) >= 11 is 3.35. The summed E-state index contributed by atoms with van der Waals surface area (Å²) in [5.74, 6) is 1.39. The zero-order chi connectivity index (χ0) is 21.3. The minimum atomic E-state index is -0.158. The van der Waals surface area contributed by atoms with Gasteiger partial charge in [-0.25, -0.2) is 0 Å². The van der Waals surface area contributed by atoms with Crippen molar-refractivity contribution in [3.8, 4) is 11.5 Å². The lowest BCUT2D eigenvalue weighted by atomic mass is 10.1. The Balaban J connectivity index is 1.57. The summed E-state index contributed by atoms with van der Waals surface area (Å²) in [5, 5.41) is 7.00. The molecule has 0 unspecified atom stereocenters. The van der Waals surface area contributed by atoms with Crippen LogP contribution in [0.1, 0.15) is 16.7 Å². The number of amides is 1. The molecule has 0 saturated heterocycles. The second-order valence-electron chi connectivity index (χ2n) is 6.72. The second kappa shape index (κ2) is 10.6. The molecular formula is C23H24BrN3O3. The average molecular weight is 470 g/mol. The number of aromatic nitrogens is 2. The van der Waals surface area contributed by atoms with Crippen molar-refractivity contribution in [1.29, 1.82) is 0 Å². The van der Waals surface area contributed by atoms with Gasteiger partial charge < -0.3 is 14.8 Å². The average Bonchev–Trinajstić information content (AvgIpc) is 3.16. The first-order chi connectivity index (χ1) is 14.5. The topological polar surface area (TPSA) is 65.4 Å². The monoisotopic (exact) mass is 469 g/mol. The number of benzene rings is 2. The van der Waals surface area contributed by atoms with Gasteiger partial charge in [-0.1, -0.05) is 18.2 Å². The van der Waals surface area contributed by atoms with E-state index in [-0.39, 0.29) is 5.91 Å². The highest BCUT2D eigenvalue weighted by Gasteiger charge is 2.06. The fourth-order valence-corrected chi connectivity index (χ4v) is 3.19. The summed E-state index contributed by atoms with van der Waals surface area (Å²) in [6.07, 6.45) is 6.87. The molecule has 1 heterocycles. The van der Waals surface area contributed by atoms with Crippen LogP contribution in [0.3, 0.4) is 0 Å². The lowest BCUT2D eigenvalue weighted by molar-refractivity contribution is -0.116. The number of rotatable bonds is 9. The number of aryl methyl sites for hydroxylation is 1. The van der Waals surface area contributed by atoms with E-state index in [1.165, 1.54) is 6.08 Å². The number of ether oxygens (including phenoxy) is 2. The van der Waals surface area contributed by atoms with Gasteiger partial charge in [-0.15, -0.1) is 0 Å². The minimum Gasteiger partial charge on any atom is -0.496 e. The number of methoxy groups -OCH3 is 1. The summed E-state index contributed by atoms with van der Waals surface area (Å²) in [4.78, 5) is 12.1. The molecule has 1 N–H and O–H groups in total. The first kappa shape index (κ1) is 21.6. The quantitative estimate of drug-likeness (QED) is 0.472. The van der Waals surface area contributed by atoms with Crippen LogP contribution in [-0.2, 0) is 17.9 Å². The van der Waals surface area contributed by atoms with Crippen molar-refractivity contribution in [3.63, 3.8) is 0 Å². The van der Waals surface area contributed by atoms with Gasteiger partial charge in [-0.05, 0) is 64.3 Å². The van der Waals surface area contributed by atoms with Crippen LogP contribution in [0.4, 0.5) is 0 Å². The van der Waals surface area contributed by atoms with Gasteiger partial charge >= 0.3 is 0 Å². The van der Waals surface area contributed by atoms with Crippen LogP contribution in [0.15, 0.2) is 65.4 Å². The van der Waals surface area contributed by atoms with Crippen LogP contribution in [0.2, 0.25) is 0 Å². The highest BCUT2D eigenvalue weighted by Crippen LogP contribution is 2.23. The molecule has 0 aliphatic heterocycles. The number of hydrogen-bond donors (Lipinski definition) is 1. The smallest absolute Gasteiger partial charge is 0.244 e. The molecule has 156 valence electrons. The maximum atomic E-state index is 12.1. The molecule has 30 heavy (non-hydrogen) atoms. The zero-order valence-corrected chi connectivity index (χ0v) is 18.6. The molecule has 0 aliphatic rings. The first-order valence-electron chi connectivity index (χ1n) is 9.54. The fourth-order valence-electron chi connectivity index (χ4n) is 2.87. The number of carbonyl (C=O) groups is 1. The Hall–Kier alpha value is -3.06. The number of halogens is 1. The molecule has 3 aromatic rings. The van der Waals surface area contributed by atoms with E-state index in [4.69, 9.17) is 9.47 Å². The number of carbonyl (C=O) groups excluding carboxylic acids is 1. The molecule has 0 fully saturated rings. The fraction of sp³-hybridized carbons (Fsp3) is 0.217. The molecule has 7 heteroatoms. The third-order valence-corrected chi connectivity index (χ3v) is 4.77. The molecule has 6 nitrogen and oxygen atoms in total. The van der Waals surface area contributed by atoms with E-state index in [2.05, 4.69) is 26.3 Å². The molecule has 1 aromatic heterocycles. The summed E-state index contributed by atoms with van der Waals surface area (Å²) in [6.45, 7) is 3.50. The first-order valence-corrected chi connectivity index (χ1v) is 10.3. The Kier molecular flexibility index (Phi) is 7.68. The Labute approximate surface area is 184 Å². The second-order valence-corrected chi connectivity index (χ2v) is 7.64. The third kappa shape index (κ3) is 6.49. The molecule has 0 aliphatic carbocycles. The lowest BCUT2D eigenvalue weighted by Gasteiger charge is -2.11. The van der Waals surface area contributed by atoms with Crippen molar-refractivity contribution < 1.29 is 14.3 Å². The molecule has 0 saturated carbocycles. The van der Waals surface area contributed by atoms with Crippen LogP contribution in [0.5, 0.6) is 11.5 Å². The van der Waals surface area contributed by atoms with Gasteiger partial charge in [0.2, 0.25) is 5.91 Å². The van der Waals surface area contributed by atoms with Gasteiger partial charge in [0.05, 0.1) is 24.3 Å². The molecule has 1 amide bonds. The minimum absolute atomic E-state index is 0.158. The van der Waals surface area contributed by atoms with Gasteiger partial charge in [0.15, 0.2) is 0 Å². The maximum Gasteiger partial charge on any atom is 0.244 e. The van der Waals surface area contributed by atoms with E-state index in [1.807, 2.05) is 55.6 Å². The highest BCUT2D eigenvalue weighted by molar-refractivity contribution is 9.10. The van der Waals surface area contributed by atoms with E-state index < -0.39 is 0 Å². The van der Waals surface area contributed by atoms with Crippen LogP contribution in [-0.4, -0.2) is 29.3 Å². The summed E-state index contributed by atoms with van der Waals surface area (Å²) < 4.78 is 14.0. The van der Waals surface area contributed by atoms with Gasteiger partial charge in [0.25, 0.3) is 0 Å². The van der Waals surface area contributed by atoms with Crippen molar-refractivity contribution in [2.24, 2.45) is 0 Å². The van der Waals surface area contributed by atoms with E-state index >= 15 is 0 Å². The molecule has 0 spiro atoms. The van der Waals surface area contributed by atoms with Crippen LogP contribution in [0.25, 0.3) is 6.08 Å². The van der Waals surface area contributed by atoms with Gasteiger partial charge in [-0.2, -0.15) is 5.10 Å². The Morgan fingerprint density at radius 3 is 2.87 bits per heavy atom. The van der Waals surface area contributed by atoms with Gasteiger partial charge in [0.1, 0.15) is 18.1 Å². The molecular weight excluding hydrogens is 446 g/mol. The summed E-state index contributed by atoms with van der Waals surface area (Å²) in [7, 11) is 1.63. The van der Waals surface area contributed by atoms with E-state index in [9.17, 15) is 4.79 Å². The van der Waals surface area contributed by atoms with Crippen molar-refractivity contribution in [2.75, 3.05) is 13.7 Å². The standard InChI is InChI=1S/C23H24BrN3O3/c1-17-4-3-5-21(12-17)30-16-19-13-18(6-8-22(19)29-2)7-9-23(28)25-10-11-27-15-20(24)14-26-27/h3-9,12-15H,10-11,16H2,1-2H3,(H,25,28)/b9-7+. The Morgan fingerprint density at radius 1 is 1.27 bits per heavy atom. The van der Waals surface area contributed by atoms with Crippen molar-refractivity contribution in [3.05, 3.63) is 82.1 Å². The highest BCUT2D eigenvalue weighted by atomic mass is 79.9. The largest absolute Gasteiger partial charge is 0.496 e. The maximum absolute atomic E-state index is 12.1. The molecule has 2 aromatic carbocycles. The summed E-state index contributed by atoms with van der Waals surface area (Å²) in [5.41, 5.74) is 2.94. The molecule has 3 rings (SSSR count). The van der Waals surface area contributed by atoms with Crippen LogP contribution >= 0.6 is 15.9 Å².